The van der Waals surface area contributed by atoms with E-state index in [4.69, 9.17) is 9.47 Å². The number of benzene rings is 2. The number of H-pyrrole nitrogens is 1. The predicted molar refractivity (Wildman–Crippen MR) is 151 cm³/mol. The fraction of sp³-hybridized carbons (Fsp3) is 0.321. The summed E-state index contributed by atoms with van der Waals surface area (Å²) in [6.45, 7) is 6.49. The SMILES string of the molecule is CC.COC(=O)N(C)CC(Cc1n[nH]c(=O)s1)NC(=O)c1ccc(OCc2cc(C)nc3ccccc23)cc1. The summed E-state index contributed by atoms with van der Waals surface area (Å²) >= 11 is 0.958. The number of methoxy groups -OCH3 is 1. The molecular weight excluding hydrogens is 518 g/mol. The predicted octanol–water partition coefficient (Wildman–Crippen LogP) is 4.33. The number of amides is 2. The number of likely N-dealkylation sites (N-methyl/N-ethyl adjacent to an activating group) is 1. The third-order valence-electron chi connectivity index (χ3n) is 5.66. The third kappa shape index (κ3) is 8.11. The Balaban J connectivity index is 0.00000205. The van der Waals surface area contributed by atoms with Gasteiger partial charge < -0.3 is 19.7 Å². The Morgan fingerprint density at radius 3 is 2.51 bits per heavy atom. The summed E-state index contributed by atoms with van der Waals surface area (Å²) in [7, 11) is 2.85. The largest absolute Gasteiger partial charge is 0.489 e. The van der Waals surface area contributed by atoms with Crippen molar-refractivity contribution in [3.63, 3.8) is 0 Å². The number of hydrogen-bond donors (Lipinski definition) is 2. The topological polar surface area (TPSA) is 127 Å². The minimum atomic E-state index is -0.534. The molecule has 1 atom stereocenters. The first-order chi connectivity index (χ1) is 18.8. The van der Waals surface area contributed by atoms with Gasteiger partial charge in [0, 0.05) is 42.2 Å². The molecule has 0 radical (unpaired) electrons. The quantitative estimate of drug-likeness (QED) is 0.317. The number of hydrogen-bond acceptors (Lipinski definition) is 8. The molecule has 4 rings (SSSR count). The minimum absolute atomic E-state index is 0.173. The van der Waals surface area contributed by atoms with Gasteiger partial charge >= 0.3 is 11.0 Å². The lowest BCUT2D eigenvalue weighted by molar-refractivity contribution is 0.0916. The number of pyridine rings is 1. The summed E-state index contributed by atoms with van der Waals surface area (Å²) in [6, 6.07) is 16.3. The van der Waals surface area contributed by atoms with Crippen LogP contribution in [0.25, 0.3) is 10.9 Å². The van der Waals surface area contributed by atoms with Crippen molar-refractivity contribution in [1.82, 2.24) is 25.4 Å². The number of carbonyl (C=O) groups is 2. The molecule has 11 heteroatoms. The highest BCUT2D eigenvalue weighted by molar-refractivity contribution is 7.08. The lowest BCUT2D eigenvalue weighted by Gasteiger charge is -2.23. The van der Waals surface area contributed by atoms with Crippen molar-refractivity contribution < 1.29 is 19.1 Å². The molecule has 4 aromatic rings. The van der Waals surface area contributed by atoms with Crippen LogP contribution in [-0.4, -0.2) is 58.8 Å². The number of fused-ring (bicyclic) bond motifs is 1. The molecule has 0 aliphatic heterocycles. The van der Waals surface area contributed by atoms with Crippen LogP contribution < -0.4 is 14.9 Å². The van der Waals surface area contributed by atoms with E-state index in [0.29, 0.717) is 22.9 Å². The first-order valence-electron chi connectivity index (χ1n) is 12.5. The Labute approximate surface area is 231 Å². The maximum atomic E-state index is 13.0. The van der Waals surface area contributed by atoms with E-state index in [0.717, 1.165) is 33.5 Å². The normalized spacial score (nSPS) is 11.2. The van der Waals surface area contributed by atoms with E-state index >= 15 is 0 Å². The molecule has 10 nitrogen and oxygen atoms in total. The van der Waals surface area contributed by atoms with Gasteiger partial charge in [0.25, 0.3) is 5.91 Å². The van der Waals surface area contributed by atoms with Crippen molar-refractivity contribution in [3.05, 3.63) is 86.1 Å². The van der Waals surface area contributed by atoms with Crippen LogP contribution in [0.15, 0.2) is 59.4 Å². The highest BCUT2D eigenvalue weighted by Gasteiger charge is 2.21. The Hall–Kier alpha value is -4.25. The molecular formula is C28H33N5O5S. The highest BCUT2D eigenvalue weighted by atomic mass is 32.1. The lowest BCUT2D eigenvalue weighted by atomic mass is 10.1. The molecule has 2 aromatic carbocycles. The van der Waals surface area contributed by atoms with Gasteiger partial charge in [-0.2, -0.15) is 5.10 Å². The number of aromatic nitrogens is 3. The van der Waals surface area contributed by atoms with E-state index < -0.39 is 12.1 Å². The second-order valence-corrected chi connectivity index (χ2v) is 9.53. The maximum Gasteiger partial charge on any atom is 0.409 e. The number of nitrogens with zero attached hydrogens (tertiary/aromatic N) is 3. The second-order valence-electron chi connectivity index (χ2n) is 8.48. The smallest absolute Gasteiger partial charge is 0.409 e. The van der Waals surface area contributed by atoms with Gasteiger partial charge in [0.05, 0.1) is 18.7 Å². The van der Waals surface area contributed by atoms with Gasteiger partial charge in [0.2, 0.25) is 0 Å². The number of para-hydroxylation sites is 1. The number of rotatable bonds is 9. The van der Waals surface area contributed by atoms with E-state index in [1.165, 1.54) is 12.0 Å². The number of ether oxygens (including phenoxy) is 2. The standard InChI is InChI=1S/C26H27N5O5S.C2H6/c1-16-12-18(21-6-4-5-7-22(21)27-16)15-36-20-10-8-17(9-11-20)24(32)28-19(14-31(2)26(34)35-3)13-23-29-30-25(33)37-23;1-2/h4-12,19H,13-15H2,1-3H3,(H,28,32)(H,30,33);1-2H3. The van der Waals surface area contributed by atoms with Crippen LogP contribution >= 0.6 is 11.3 Å². The Morgan fingerprint density at radius 1 is 1.13 bits per heavy atom. The van der Waals surface area contributed by atoms with Crippen molar-refractivity contribution in [2.24, 2.45) is 0 Å². The van der Waals surface area contributed by atoms with Crippen molar-refractivity contribution in [1.29, 1.82) is 0 Å². The van der Waals surface area contributed by atoms with E-state index in [2.05, 4.69) is 20.5 Å². The zero-order valence-electron chi connectivity index (χ0n) is 22.7. The van der Waals surface area contributed by atoms with Crippen LogP contribution in [0.4, 0.5) is 4.79 Å². The summed E-state index contributed by atoms with van der Waals surface area (Å²) in [6.07, 6.45) is -0.259. The number of aryl methyl sites for hydroxylation is 1. The average molecular weight is 552 g/mol. The first kappa shape index (κ1) is 29.3. The van der Waals surface area contributed by atoms with Gasteiger partial charge in [0.15, 0.2) is 0 Å². The molecule has 0 spiro atoms. The van der Waals surface area contributed by atoms with E-state index in [9.17, 15) is 14.4 Å². The van der Waals surface area contributed by atoms with Gasteiger partial charge in [-0.15, -0.1) is 0 Å². The van der Waals surface area contributed by atoms with Crippen LogP contribution in [0.3, 0.4) is 0 Å². The lowest BCUT2D eigenvalue weighted by Crippen LogP contribution is -2.45. The summed E-state index contributed by atoms with van der Waals surface area (Å²) in [5, 5.41) is 10.8. The summed E-state index contributed by atoms with van der Waals surface area (Å²) < 4.78 is 10.7. The molecule has 2 N–H and O–H groups in total. The van der Waals surface area contributed by atoms with Crippen LogP contribution in [0, 0.1) is 6.92 Å². The van der Waals surface area contributed by atoms with Crippen LogP contribution in [0.5, 0.6) is 5.75 Å². The van der Waals surface area contributed by atoms with Gasteiger partial charge in [-0.1, -0.05) is 43.4 Å². The number of nitrogens with one attached hydrogen (secondary N) is 2. The molecule has 39 heavy (non-hydrogen) atoms. The molecule has 2 aromatic heterocycles. The Bertz CT molecular complexity index is 1450. The van der Waals surface area contributed by atoms with E-state index in [-0.39, 0.29) is 23.7 Å². The van der Waals surface area contributed by atoms with Gasteiger partial charge in [-0.05, 0) is 43.3 Å². The molecule has 2 heterocycles. The first-order valence-corrected chi connectivity index (χ1v) is 13.4. The van der Waals surface area contributed by atoms with Crippen LogP contribution in [-0.2, 0) is 17.8 Å². The monoisotopic (exact) mass is 551 g/mol. The number of aromatic amines is 1. The summed E-state index contributed by atoms with van der Waals surface area (Å²) in [5.41, 5.74) is 3.29. The Kier molecular flexibility index (Phi) is 10.6. The van der Waals surface area contributed by atoms with Crippen molar-refractivity contribution in [2.75, 3.05) is 20.7 Å². The molecule has 206 valence electrons. The maximum absolute atomic E-state index is 13.0. The number of carbonyl (C=O) groups excluding carboxylic acids is 2. The molecule has 0 saturated carbocycles. The van der Waals surface area contributed by atoms with E-state index in [1.54, 1.807) is 31.3 Å². The molecule has 0 saturated heterocycles. The molecule has 0 bridgehead atoms. The van der Waals surface area contributed by atoms with E-state index in [1.807, 2.05) is 51.1 Å². The van der Waals surface area contributed by atoms with Gasteiger partial charge in [-0.3, -0.25) is 14.6 Å². The fourth-order valence-corrected chi connectivity index (χ4v) is 4.61. The van der Waals surface area contributed by atoms with Crippen molar-refractivity contribution in [3.8, 4) is 5.75 Å². The average Bonchev–Trinajstić information content (AvgIpc) is 3.36. The second kappa shape index (κ2) is 14.1. The molecule has 1 unspecified atom stereocenters. The molecule has 2 amide bonds. The van der Waals surface area contributed by atoms with Gasteiger partial charge in [-0.25, -0.2) is 9.89 Å². The third-order valence-corrected chi connectivity index (χ3v) is 6.43. The zero-order valence-corrected chi connectivity index (χ0v) is 23.5. The van der Waals surface area contributed by atoms with Crippen molar-refractivity contribution in [2.45, 2.75) is 39.8 Å². The molecule has 0 fully saturated rings. The van der Waals surface area contributed by atoms with Crippen LogP contribution in [0.2, 0.25) is 0 Å². The van der Waals surface area contributed by atoms with Gasteiger partial charge in [0.1, 0.15) is 17.4 Å². The van der Waals surface area contributed by atoms with Crippen molar-refractivity contribution >= 4 is 34.2 Å². The summed E-state index contributed by atoms with van der Waals surface area (Å²) in [5.74, 6) is 0.298. The summed E-state index contributed by atoms with van der Waals surface area (Å²) in [4.78, 5) is 41.9. The minimum Gasteiger partial charge on any atom is -0.489 e. The van der Waals surface area contributed by atoms with Crippen LogP contribution in [0.1, 0.15) is 40.5 Å². The fourth-order valence-electron chi connectivity index (χ4n) is 3.93. The molecule has 0 aliphatic carbocycles. The highest BCUT2D eigenvalue weighted by Crippen LogP contribution is 2.21. The zero-order chi connectivity index (χ0) is 28.4. The molecule has 0 aliphatic rings. The Morgan fingerprint density at radius 2 is 1.85 bits per heavy atom.